The Labute approximate surface area is 216 Å². The molecular formula is C26H28ClN3O5S. The Hall–Kier alpha value is -3.56. The zero-order valence-corrected chi connectivity index (χ0v) is 21.8. The number of carbonyl (C=O) groups is 1. The maximum atomic E-state index is 12.7. The SMILES string of the molecule is CCOc1ccc(N([C@@H](C)C(=O)N/N=C\c2ccc(OCc3ccccc3Cl)cc2)S(C)(=O)=O)cc1. The van der Waals surface area contributed by atoms with Crippen LogP contribution in [0.3, 0.4) is 0 Å². The number of amides is 1. The highest BCUT2D eigenvalue weighted by molar-refractivity contribution is 7.92. The number of rotatable bonds is 11. The van der Waals surface area contributed by atoms with E-state index in [9.17, 15) is 13.2 Å². The molecule has 0 bridgehead atoms. The van der Waals surface area contributed by atoms with Crippen LogP contribution in [0.1, 0.15) is 25.0 Å². The number of hydrogen-bond acceptors (Lipinski definition) is 6. The van der Waals surface area contributed by atoms with Crippen molar-refractivity contribution in [3.63, 3.8) is 0 Å². The van der Waals surface area contributed by atoms with Gasteiger partial charge < -0.3 is 9.47 Å². The molecule has 190 valence electrons. The highest BCUT2D eigenvalue weighted by Crippen LogP contribution is 2.24. The molecule has 3 rings (SSSR count). The smallest absolute Gasteiger partial charge is 0.263 e. The van der Waals surface area contributed by atoms with Crippen molar-refractivity contribution in [2.24, 2.45) is 5.10 Å². The third kappa shape index (κ3) is 7.47. The van der Waals surface area contributed by atoms with Gasteiger partial charge in [-0.2, -0.15) is 5.10 Å². The molecule has 3 aromatic carbocycles. The van der Waals surface area contributed by atoms with Gasteiger partial charge >= 0.3 is 0 Å². The monoisotopic (exact) mass is 529 g/mol. The van der Waals surface area contributed by atoms with Crippen molar-refractivity contribution >= 4 is 39.4 Å². The molecule has 0 fully saturated rings. The minimum Gasteiger partial charge on any atom is -0.494 e. The second kappa shape index (κ2) is 12.4. The molecule has 1 amide bonds. The van der Waals surface area contributed by atoms with Crippen LogP contribution in [0, 0.1) is 0 Å². The Morgan fingerprint density at radius 2 is 1.64 bits per heavy atom. The summed E-state index contributed by atoms with van der Waals surface area (Å²) in [5.41, 5.74) is 4.36. The van der Waals surface area contributed by atoms with Gasteiger partial charge in [0.15, 0.2) is 0 Å². The first-order valence-electron chi connectivity index (χ1n) is 11.2. The Bertz CT molecular complexity index is 1300. The van der Waals surface area contributed by atoms with Crippen molar-refractivity contribution in [1.82, 2.24) is 5.43 Å². The number of sulfonamides is 1. The first-order valence-corrected chi connectivity index (χ1v) is 13.4. The third-order valence-corrected chi connectivity index (χ3v) is 6.72. The van der Waals surface area contributed by atoms with Gasteiger partial charge in [-0.25, -0.2) is 13.8 Å². The number of nitrogens with one attached hydrogen (secondary N) is 1. The normalized spacial score (nSPS) is 12.2. The fraction of sp³-hybridized carbons (Fsp3) is 0.231. The average Bonchev–Trinajstić information content (AvgIpc) is 2.85. The summed E-state index contributed by atoms with van der Waals surface area (Å²) in [5.74, 6) is 0.686. The van der Waals surface area contributed by atoms with Crippen molar-refractivity contribution in [3.8, 4) is 11.5 Å². The molecule has 3 aromatic rings. The van der Waals surface area contributed by atoms with Crippen molar-refractivity contribution in [3.05, 3.63) is 88.9 Å². The second-order valence-corrected chi connectivity index (χ2v) is 10.1. The molecule has 0 heterocycles. The lowest BCUT2D eigenvalue weighted by atomic mass is 10.2. The molecule has 0 aromatic heterocycles. The van der Waals surface area contributed by atoms with Gasteiger partial charge in [-0.15, -0.1) is 0 Å². The molecule has 0 radical (unpaired) electrons. The molecular weight excluding hydrogens is 502 g/mol. The number of anilines is 1. The van der Waals surface area contributed by atoms with Crippen LogP contribution < -0.4 is 19.2 Å². The van der Waals surface area contributed by atoms with E-state index in [-0.39, 0.29) is 0 Å². The fourth-order valence-corrected chi connectivity index (χ4v) is 4.72. The molecule has 0 unspecified atom stereocenters. The first-order chi connectivity index (χ1) is 17.2. The molecule has 8 nitrogen and oxygen atoms in total. The zero-order valence-electron chi connectivity index (χ0n) is 20.2. The summed E-state index contributed by atoms with van der Waals surface area (Å²) in [4.78, 5) is 12.7. The molecule has 0 aliphatic rings. The van der Waals surface area contributed by atoms with E-state index in [0.717, 1.165) is 21.7 Å². The van der Waals surface area contributed by atoms with Crippen molar-refractivity contribution in [1.29, 1.82) is 0 Å². The van der Waals surface area contributed by atoms with Crippen LogP contribution in [0.15, 0.2) is 77.9 Å². The molecule has 0 spiro atoms. The van der Waals surface area contributed by atoms with Crippen molar-refractivity contribution in [2.75, 3.05) is 17.2 Å². The van der Waals surface area contributed by atoms with E-state index in [1.54, 1.807) is 48.5 Å². The van der Waals surface area contributed by atoms with Gasteiger partial charge in [-0.3, -0.25) is 9.10 Å². The zero-order chi connectivity index (χ0) is 26.1. The van der Waals surface area contributed by atoms with E-state index in [4.69, 9.17) is 21.1 Å². The van der Waals surface area contributed by atoms with Gasteiger partial charge in [0.25, 0.3) is 5.91 Å². The van der Waals surface area contributed by atoms with Gasteiger partial charge in [0.2, 0.25) is 10.0 Å². The summed E-state index contributed by atoms with van der Waals surface area (Å²) in [5, 5.41) is 4.61. The summed E-state index contributed by atoms with van der Waals surface area (Å²) in [6.45, 7) is 4.18. The number of nitrogens with zero attached hydrogens (tertiary/aromatic N) is 2. The lowest BCUT2D eigenvalue weighted by Crippen LogP contribution is -2.46. The van der Waals surface area contributed by atoms with Crippen LogP contribution in [-0.2, 0) is 21.4 Å². The van der Waals surface area contributed by atoms with E-state index in [2.05, 4.69) is 10.5 Å². The van der Waals surface area contributed by atoms with Crippen molar-refractivity contribution < 1.29 is 22.7 Å². The van der Waals surface area contributed by atoms with Gasteiger partial charge in [0, 0.05) is 10.6 Å². The standard InChI is InChI=1S/C26H28ClN3O5S/c1-4-34-23-15-11-22(12-16-23)30(36(3,32)33)19(2)26(31)29-28-17-20-9-13-24(14-10-20)35-18-21-7-5-6-8-25(21)27/h5-17,19H,4,18H2,1-3H3,(H,29,31)/b28-17-/t19-/m0/s1. The number of carbonyl (C=O) groups excluding carboxylic acids is 1. The lowest BCUT2D eigenvalue weighted by molar-refractivity contribution is -0.121. The van der Waals surface area contributed by atoms with E-state index >= 15 is 0 Å². The van der Waals surface area contributed by atoms with E-state index in [1.807, 2.05) is 31.2 Å². The fourth-order valence-electron chi connectivity index (χ4n) is 3.36. The molecule has 36 heavy (non-hydrogen) atoms. The predicted octanol–water partition coefficient (Wildman–Crippen LogP) is 4.62. The van der Waals surface area contributed by atoms with E-state index in [0.29, 0.717) is 35.4 Å². The summed E-state index contributed by atoms with van der Waals surface area (Å²) in [6.07, 6.45) is 2.51. The van der Waals surface area contributed by atoms with Crippen LogP contribution in [0.4, 0.5) is 5.69 Å². The molecule has 1 N–H and O–H groups in total. The summed E-state index contributed by atoms with van der Waals surface area (Å²) < 4.78 is 37.1. The molecule has 0 aliphatic carbocycles. The predicted molar refractivity (Wildman–Crippen MR) is 142 cm³/mol. The highest BCUT2D eigenvalue weighted by Gasteiger charge is 2.29. The van der Waals surface area contributed by atoms with Crippen LogP contribution in [0.5, 0.6) is 11.5 Å². The molecule has 0 aliphatic heterocycles. The van der Waals surface area contributed by atoms with Gasteiger partial charge in [-0.1, -0.05) is 29.8 Å². The molecule has 1 atom stereocenters. The minimum atomic E-state index is -3.74. The van der Waals surface area contributed by atoms with E-state index in [1.165, 1.54) is 13.1 Å². The van der Waals surface area contributed by atoms with Gasteiger partial charge in [0.1, 0.15) is 24.1 Å². The Kier molecular flexibility index (Phi) is 9.32. The molecule has 0 saturated heterocycles. The minimum absolute atomic E-state index is 0.340. The quantitative estimate of drug-likeness (QED) is 0.289. The Balaban J connectivity index is 1.60. The Morgan fingerprint density at radius 1 is 1.03 bits per heavy atom. The number of benzene rings is 3. The van der Waals surface area contributed by atoms with Crippen LogP contribution >= 0.6 is 11.6 Å². The summed E-state index contributed by atoms with van der Waals surface area (Å²) >= 11 is 6.14. The third-order valence-electron chi connectivity index (χ3n) is 5.11. The number of hydrogen-bond donors (Lipinski definition) is 1. The van der Waals surface area contributed by atoms with Gasteiger partial charge in [0.05, 0.1) is 24.8 Å². The van der Waals surface area contributed by atoms with Crippen LogP contribution in [0.2, 0.25) is 5.02 Å². The van der Waals surface area contributed by atoms with Gasteiger partial charge in [-0.05, 0) is 74.0 Å². The highest BCUT2D eigenvalue weighted by atomic mass is 35.5. The number of hydrazone groups is 1. The lowest BCUT2D eigenvalue weighted by Gasteiger charge is -2.27. The van der Waals surface area contributed by atoms with Crippen LogP contribution in [0.25, 0.3) is 0 Å². The van der Waals surface area contributed by atoms with Crippen LogP contribution in [-0.4, -0.2) is 39.4 Å². The van der Waals surface area contributed by atoms with Crippen molar-refractivity contribution in [2.45, 2.75) is 26.5 Å². The number of halogens is 1. The topological polar surface area (TPSA) is 97.3 Å². The molecule has 0 saturated carbocycles. The first kappa shape index (κ1) is 27.0. The second-order valence-electron chi connectivity index (χ2n) is 7.85. The number of ether oxygens (including phenoxy) is 2. The maximum Gasteiger partial charge on any atom is 0.263 e. The summed E-state index contributed by atoms with van der Waals surface area (Å²) in [6, 6.07) is 20.0. The summed E-state index contributed by atoms with van der Waals surface area (Å²) in [7, 11) is -3.74. The Morgan fingerprint density at radius 3 is 2.25 bits per heavy atom. The van der Waals surface area contributed by atoms with E-state index < -0.39 is 22.0 Å². The largest absolute Gasteiger partial charge is 0.494 e. The maximum absolute atomic E-state index is 12.7. The molecule has 10 heteroatoms. The average molecular weight is 530 g/mol.